The summed E-state index contributed by atoms with van der Waals surface area (Å²) in [5.41, 5.74) is 0.202. The van der Waals surface area contributed by atoms with Crippen LogP contribution in [-0.4, -0.2) is 23.2 Å². The Morgan fingerprint density at radius 2 is 2.12 bits per heavy atom. The fourth-order valence-electron chi connectivity index (χ4n) is 1.45. The molecule has 0 bridgehead atoms. The fourth-order valence-corrected chi connectivity index (χ4v) is 2.24. The molecule has 0 aliphatic heterocycles. The van der Waals surface area contributed by atoms with Crippen LogP contribution in [0.15, 0.2) is 27.1 Å². The summed E-state index contributed by atoms with van der Waals surface area (Å²) in [5.74, 6) is -0.153. The van der Waals surface area contributed by atoms with Crippen LogP contribution in [0.25, 0.3) is 0 Å². The summed E-state index contributed by atoms with van der Waals surface area (Å²) < 4.78 is 1.61. The van der Waals surface area contributed by atoms with E-state index in [1.807, 2.05) is 12.1 Å². The van der Waals surface area contributed by atoms with E-state index >= 15 is 0 Å². The van der Waals surface area contributed by atoms with Gasteiger partial charge in [0, 0.05) is 8.95 Å². The third-order valence-corrected chi connectivity index (χ3v) is 3.89. The molecule has 1 aliphatic carbocycles. The summed E-state index contributed by atoms with van der Waals surface area (Å²) in [6, 6.07) is 5.43. The zero-order valence-corrected chi connectivity index (χ0v) is 11.6. The highest BCUT2D eigenvalue weighted by Crippen LogP contribution is 2.35. The molecule has 16 heavy (non-hydrogen) atoms. The number of hydrogen-bond donors (Lipinski definition) is 2. The molecule has 5 heteroatoms. The molecule has 0 aromatic heterocycles. The van der Waals surface area contributed by atoms with Crippen LogP contribution in [-0.2, 0) is 0 Å². The van der Waals surface area contributed by atoms with Crippen molar-refractivity contribution in [2.45, 2.75) is 18.4 Å². The number of halogens is 2. The lowest BCUT2D eigenvalue weighted by Gasteiger charge is -2.15. The Kier molecular flexibility index (Phi) is 3.37. The second-order valence-electron chi connectivity index (χ2n) is 4.02. The van der Waals surface area contributed by atoms with Crippen molar-refractivity contribution in [3.63, 3.8) is 0 Å². The molecule has 86 valence electrons. The maximum atomic E-state index is 12.0. The van der Waals surface area contributed by atoms with E-state index in [1.165, 1.54) is 0 Å². The first-order valence-corrected chi connectivity index (χ1v) is 6.53. The average Bonchev–Trinajstić information content (AvgIpc) is 3.02. The van der Waals surface area contributed by atoms with Crippen LogP contribution in [0, 0.1) is 0 Å². The Morgan fingerprint density at radius 3 is 2.69 bits per heavy atom. The van der Waals surface area contributed by atoms with Crippen molar-refractivity contribution in [3.8, 4) is 0 Å². The van der Waals surface area contributed by atoms with E-state index in [-0.39, 0.29) is 18.1 Å². The van der Waals surface area contributed by atoms with Crippen LogP contribution in [0.3, 0.4) is 0 Å². The Labute approximate surface area is 110 Å². The Morgan fingerprint density at radius 1 is 1.44 bits per heavy atom. The van der Waals surface area contributed by atoms with Crippen molar-refractivity contribution in [1.82, 2.24) is 5.32 Å². The molecule has 0 unspecified atom stereocenters. The van der Waals surface area contributed by atoms with Crippen LogP contribution in [0.4, 0.5) is 0 Å². The minimum Gasteiger partial charge on any atom is -0.394 e. The first-order valence-electron chi connectivity index (χ1n) is 4.95. The van der Waals surface area contributed by atoms with E-state index < -0.39 is 0 Å². The topological polar surface area (TPSA) is 49.3 Å². The molecule has 2 N–H and O–H groups in total. The number of aliphatic hydroxyl groups is 1. The van der Waals surface area contributed by atoms with Gasteiger partial charge in [0.25, 0.3) is 5.91 Å². The Bertz CT molecular complexity index is 430. The maximum Gasteiger partial charge on any atom is 0.252 e. The first kappa shape index (κ1) is 12.1. The van der Waals surface area contributed by atoms with Crippen molar-refractivity contribution >= 4 is 37.8 Å². The van der Waals surface area contributed by atoms with Gasteiger partial charge < -0.3 is 10.4 Å². The van der Waals surface area contributed by atoms with Gasteiger partial charge in [-0.05, 0) is 47.0 Å². The van der Waals surface area contributed by atoms with Gasteiger partial charge in [-0.2, -0.15) is 0 Å². The summed E-state index contributed by atoms with van der Waals surface area (Å²) in [7, 11) is 0. The van der Waals surface area contributed by atoms with Gasteiger partial charge in [0.15, 0.2) is 0 Å². The third kappa shape index (κ3) is 2.47. The molecule has 1 aromatic carbocycles. The van der Waals surface area contributed by atoms with Crippen LogP contribution in [0.5, 0.6) is 0 Å². The molecule has 0 atom stereocenters. The number of rotatable bonds is 3. The summed E-state index contributed by atoms with van der Waals surface area (Å²) in [4.78, 5) is 12.0. The summed E-state index contributed by atoms with van der Waals surface area (Å²) in [5, 5.41) is 12.0. The SMILES string of the molecule is O=C(NC1(CO)CC1)c1cc(Br)ccc1Br. The summed E-state index contributed by atoms with van der Waals surface area (Å²) >= 11 is 6.66. The van der Waals surface area contributed by atoms with Gasteiger partial charge in [-0.3, -0.25) is 4.79 Å². The predicted molar refractivity (Wildman–Crippen MR) is 68.4 cm³/mol. The molecular weight excluding hydrogens is 338 g/mol. The highest BCUT2D eigenvalue weighted by atomic mass is 79.9. The highest BCUT2D eigenvalue weighted by molar-refractivity contribution is 9.11. The molecule has 1 aliphatic rings. The molecule has 0 heterocycles. The van der Waals surface area contributed by atoms with Crippen LogP contribution >= 0.6 is 31.9 Å². The van der Waals surface area contributed by atoms with Crippen LogP contribution in [0.1, 0.15) is 23.2 Å². The van der Waals surface area contributed by atoms with Crippen molar-refractivity contribution in [2.24, 2.45) is 0 Å². The number of benzene rings is 1. The van der Waals surface area contributed by atoms with Crippen LogP contribution < -0.4 is 5.32 Å². The molecule has 0 saturated heterocycles. The van der Waals surface area contributed by atoms with Crippen molar-refractivity contribution in [2.75, 3.05) is 6.61 Å². The standard InChI is InChI=1S/C11H11Br2NO2/c12-7-1-2-9(13)8(5-7)10(16)14-11(6-15)3-4-11/h1-2,5,15H,3-4,6H2,(H,14,16). The molecule has 0 spiro atoms. The molecular formula is C11H11Br2NO2. The molecule has 1 saturated carbocycles. The average molecular weight is 349 g/mol. The fraction of sp³-hybridized carbons (Fsp3) is 0.364. The number of hydrogen-bond acceptors (Lipinski definition) is 2. The van der Waals surface area contributed by atoms with Crippen molar-refractivity contribution in [1.29, 1.82) is 0 Å². The van der Waals surface area contributed by atoms with Crippen molar-refractivity contribution in [3.05, 3.63) is 32.7 Å². The maximum absolute atomic E-state index is 12.0. The van der Waals surface area contributed by atoms with Gasteiger partial charge in [0.1, 0.15) is 0 Å². The third-order valence-electron chi connectivity index (χ3n) is 2.71. The lowest BCUT2D eigenvalue weighted by atomic mass is 10.2. The molecule has 1 amide bonds. The largest absolute Gasteiger partial charge is 0.394 e. The smallest absolute Gasteiger partial charge is 0.252 e. The number of nitrogens with one attached hydrogen (secondary N) is 1. The van der Waals surface area contributed by atoms with E-state index in [1.54, 1.807) is 6.07 Å². The number of carbonyl (C=O) groups excluding carboxylic acids is 1. The van der Waals surface area contributed by atoms with E-state index in [4.69, 9.17) is 5.11 Å². The first-order chi connectivity index (χ1) is 7.56. The van der Waals surface area contributed by atoms with Gasteiger partial charge in [0.2, 0.25) is 0 Å². The normalized spacial score (nSPS) is 16.9. The second kappa shape index (κ2) is 4.47. The molecule has 1 aromatic rings. The van der Waals surface area contributed by atoms with E-state index in [0.717, 1.165) is 21.8 Å². The zero-order valence-electron chi connectivity index (χ0n) is 8.46. The van der Waals surface area contributed by atoms with E-state index in [2.05, 4.69) is 37.2 Å². The lowest BCUT2D eigenvalue weighted by Crippen LogP contribution is -2.39. The molecule has 1 fully saturated rings. The summed E-state index contributed by atoms with van der Waals surface area (Å²) in [6.07, 6.45) is 1.70. The lowest BCUT2D eigenvalue weighted by molar-refractivity contribution is 0.0906. The highest BCUT2D eigenvalue weighted by Gasteiger charge is 2.43. The minimum atomic E-state index is -0.376. The second-order valence-corrected chi connectivity index (χ2v) is 5.79. The number of carbonyl (C=O) groups is 1. The Hall–Kier alpha value is -0.390. The van der Waals surface area contributed by atoms with Gasteiger partial charge in [0.05, 0.1) is 17.7 Å². The molecule has 0 radical (unpaired) electrons. The summed E-state index contributed by atoms with van der Waals surface area (Å²) in [6.45, 7) is 0.00433. The predicted octanol–water partition coefficient (Wildman–Crippen LogP) is 2.47. The zero-order chi connectivity index (χ0) is 11.8. The molecule has 2 rings (SSSR count). The Balaban J connectivity index is 2.17. The minimum absolute atomic E-state index is 0.00433. The van der Waals surface area contributed by atoms with Crippen molar-refractivity contribution < 1.29 is 9.90 Å². The number of aliphatic hydroxyl groups excluding tert-OH is 1. The quantitative estimate of drug-likeness (QED) is 0.881. The van der Waals surface area contributed by atoms with E-state index in [0.29, 0.717) is 5.56 Å². The van der Waals surface area contributed by atoms with Gasteiger partial charge in [-0.25, -0.2) is 0 Å². The molecule has 3 nitrogen and oxygen atoms in total. The number of amides is 1. The monoisotopic (exact) mass is 347 g/mol. The van der Waals surface area contributed by atoms with Gasteiger partial charge in [-0.1, -0.05) is 15.9 Å². The van der Waals surface area contributed by atoms with Gasteiger partial charge in [-0.15, -0.1) is 0 Å². The van der Waals surface area contributed by atoms with Gasteiger partial charge >= 0.3 is 0 Å². The van der Waals surface area contributed by atoms with E-state index in [9.17, 15) is 4.79 Å². The van der Waals surface area contributed by atoms with Crippen LogP contribution in [0.2, 0.25) is 0 Å².